The van der Waals surface area contributed by atoms with Gasteiger partial charge in [-0.15, -0.1) is 0 Å². The molecular weight excluding hydrogens is 522 g/mol. The van der Waals surface area contributed by atoms with Gasteiger partial charge in [-0.25, -0.2) is 8.42 Å². The summed E-state index contributed by atoms with van der Waals surface area (Å²) < 4.78 is 33.3. The zero-order chi connectivity index (χ0) is 26.6. The number of anilines is 1. The van der Waals surface area contributed by atoms with Crippen molar-refractivity contribution in [3.05, 3.63) is 99.1 Å². The molecule has 37 heavy (non-hydrogen) atoms. The monoisotopic (exact) mass is 543 g/mol. The summed E-state index contributed by atoms with van der Waals surface area (Å²) >= 11 is 5.98. The molecule has 192 valence electrons. The molecule has 0 radical (unpaired) electrons. The van der Waals surface area contributed by atoms with Crippen LogP contribution in [0, 0.1) is 10.1 Å². The molecule has 3 aromatic carbocycles. The maximum Gasteiger partial charge on any atom is 0.308 e. The van der Waals surface area contributed by atoms with E-state index in [1.54, 1.807) is 30.3 Å². The Morgan fingerprint density at radius 2 is 1.78 bits per heavy atom. The van der Waals surface area contributed by atoms with Gasteiger partial charge in [0.25, 0.3) is 11.6 Å². The van der Waals surface area contributed by atoms with Gasteiger partial charge in [0.05, 0.1) is 33.0 Å². The molecule has 1 aliphatic rings. The van der Waals surface area contributed by atoms with Gasteiger partial charge in [0.1, 0.15) is 0 Å². The van der Waals surface area contributed by atoms with Crippen LogP contribution < -0.4 is 5.32 Å². The molecule has 1 atom stereocenters. The van der Waals surface area contributed by atoms with Crippen molar-refractivity contribution in [3.63, 3.8) is 0 Å². The second kappa shape index (κ2) is 11.1. The van der Waals surface area contributed by atoms with E-state index in [-0.39, 0.29) is 34.3 Å². The Balaban J connectivity index is 1.46. The first-order chi connectivity index (χ1) is 17.7. The minimum absolute atomic E-state index is 0.0468. The number of halogens is 1. The maximum absolute atomic E-state index is 13.4. The summed E-state index contributed by atoms with van der Waals surface area (Å²) in [6, 6.07) is 18.0. The fourth-order valence-corrected chi connectivity index (χ4v) is 5.97. The topological polar surface area (TPSA) is 136 Å². The van der Waals surface area contributed by atoms with Crippen LogP contribution in [0.3, 0.4) is 0 Å². The molecule has 12 heteroatoms. The van der Waals surface area contributed by atoms with Crippen molar-refractivity contribution in [3.8, 4) is 0 Å². The second-order valence-electron chi connectivity index (χ2n) is 8.23. The molecule has 4 rings (SSSR count). The van der Waals surface area contributed by atoms with Gasteiger partial charge in [-0.1, -0.05) is 54.1 Å². The summed E-state index contributed by atoms with van der Waals surface area (Å²) in [5, 5.41) is 13.2. The number of sulfonamides is 1. The third-order valence-corrected chi connectivity index (χ3v) is 8.11. The third kappa shape index (κ3) is 5.96. The smallest absolute Gasteiger partial charge is 0.308 e. The number of carbonyl (C=O) groups is 2. The zero-order valence-corrected chi connectivity index (χ0v) is 20.9. The van der Waals surface area contributed by atoms with E-state index in [2.05, 4.69) is 5.32 Å². The Morgan fingerprint density at radius 1 is 1.08 bits per heavy atom. The molecule has 0 saturated heterocycles. The van der Waals surface area contributed by atoms with Gasteiger partial charge in [0.2, 0.25) is 10.0 Å². The highest BCUT2D eigenvalue weighted by Gasteiger charge is 2.37. The van der Waals surface area contributed by atoms with Crippen LogP contribution >= 0.6 is 11.6 Å². The molecular formula is C25H22ClN3O7S. The van der Waals surface area contributed by atoms with Crippen LogP contribution in [0.4, 0.5) is 11.4 Å². The van der Waals surface area contributed by atoms with Crippen molar-refractivity contribution in [1.29, 1.82) is 0 Å². The molecule has 0 fully saturated rings. The first-order valence-corrected chi connectivity index (χ1v) is 13.0. The number of ether oxygens (including phenoxy) is 1. The van der Waals surface area contributed by atoms with Crippen LogP contribution in [0.2, 0.25) is 5.02 Å². The summed E-state index contributed by atoms with van der Waals surface area (Å²) in [5.74, 6) is -1.47. The number of nitro groups is 1. The molecule has 0 aliphatic carbocycles. The number of non-ortho nitro benzene ring substituents is 1. The van der Waals surface area contributed by atoms with E-state index < -0.39 is 39.5 Å². The van der Waals surface area contributed by atoms with Crippen LogP contribution in [-0.2, 0) is 30.8 Å². The standard InChI is InChI=1S/C25H22ClN3O7S/c26-21-14-18(29(32)33)10-11-22(21)27-24(30)16-36-25(31)15-23-20-9-5-4-6-17(20)12-13-28(23)37(34,35)19-7-2-1-3-8-19/h1-11,14,23H,12-13,15-16H2,(H,27,30). The third-order valence-electron chi connectivity index (χ3n) is 5.87. The number of fused-ring (bicyclic) bond motifs is 1. The predicted molar refractivity (Wildman–Crippen MR) is 136 cm³/mol. The number of hydrogen-bond acceptors (Lipinski definition) is 7. The number of amides is 1. The lowest BCUT2D eigenvalue weighted by Crippen LogP contribution is -2.41. The second-order valence-corrected chi connectivity index (χ2v) is 10.5. The first kappa shape index (κ1) is 26.3. The fraction of sp³-hybridized carbons (Fsp3) is 0.200. The number of nitrogens with one attached hydrogen (secondary N) is 1. The number of nitrogens with zero attached hydrogens (tertiary/aromatic N) is 2. The summed E-state index contributed by atoms with van der Waals surface area (Å²) in [6.45, 7) is -0.461. The summed E-state index contributed by atoms with van der Waals surface area (Å²) in [5.41, 5.74) is 1.52. The number of rotatable bonds is 8. The normalized spacial score (nSPS) is 15.4. The number of esters is 1. The van der Waals surface area contributed by atoms with E-state index >= 15 is 0 Å². The lowest BCUT2D eigenvalue weighted by Gasteiger charge is -2.36. The van der Waals surface area contributed by atoms with E-state index in [0.717, 1.165) is 11.6 Å². The Hall–Kier alpha value is -3.80. The van der Waals surface area contributed by atoms with E-state index in [4.69, 9.17) is 16.3 Å². The fourth-order valence-electron chi connectivity index (χ4n) is 4.12. The van der Waals surface area contributed by atoms with Crippen molar-refractivity contribution in [1.82, 2.24) is 4.31 Å². The number of hydrogen-bond donors (Lipinski definition) is 1. The van der Waals surface area contributed by atoms with Crippen molar-refractivity contribution in [2.24, 2.45) is 0 Å². The SMILES string of the molecule is O=C(COC(=O)CC1c2ccccc2CCN1S(=O)(=O)c1ccccc1)Nc1ccc([N+](=O)[O-])cc1Cl. The van der Waals surface area contributed by atoms with Crippen molar-refractivity contribution < 1.29 is 27.7 Å². The molecule has 1 heterocycles. The number of benzene rings is 3. The first-order valence-electron chi connectivity index (χ1n) is 11.2. The molecule has 0 bridgehead atoms. The highest BCUT2D eigenvalue weighted by molar-refractivity contribution is 7.89. The summed E-state index contributed by atoms with van der Waals surface area (Å²) in [7, 11) is -3.90. The van der Waals surface area contributed by atoms with E-state index in [1.807, 2.05) is 12.1 Å². The van der Waals surface area contributed by atoms with Gasteiger partial charge < -0.3 is 10.1 Å². The van der Waals surface area contributed by atoms with Crippen molar-refractivity contribution >= 4 is 44.9 Å². The van der Waals surface area contributed by atoms with Crippen LogP contribution in [0.5, 0.6) is 0 Å². The summed E-state index contributed by atoms with van der Waals surface area (Å²) in [4.78, 5) is 35.4. The average molecular weight is 544 g/mol. The molecule has 1 amide bonds. The molecule has 1 unspecified atom stereocenters. The van der Waals surface area contributed by atoms with Gasteiger partial charge in [-0.3, -0.25) is 19.7 Å². The predicted octanol–water partition coefficient (Wildman–Crippen LogP) is 4.11. The van der Waals surface area contributed by atoms with Crippen LogP contribution in [0.1, 0.15) is 23.6 Å². The molecule has 1 aliphatic heterocycles. The molecule has 0 spiro atoms. The maximum atomic E-state index is 13.4. The van der Waals surface area contributed by atoms with Crippen molar-refractivity contribution in [2.45, 2.75) is 23.8 Å². The Morgan fingerprint density at radius 3 is 2.49 bits per heavy atom. The van der Waals surface area contributed by atoms with E-state index in [1.165, 1.54) is 28.6 Å². The Kier molecular flexibility index (Phi) is 7.86. The minimum Gasteiger partial charge on any atom is -0.456 e. The zero-order valence-electron chi connectivity index (χ0n) is 19.4. The van der Waals surface area contributed by atoms with Gasteiger partial charge >= 0.3 is 5.97 Å². The van der Waals surface area contributed by atoms with Gasteiger partial charge in [0.15, 0.2) is 6.61 Å². The Labute approximate surface area is 218 Å². The number of carbonyl (C=O) groups excluding carboxylic acids is 2. The number of nitro benzene ring substituents is 1. The van der Waals surface area contributed by atoms with E-state index in [0.29, 0.717) is 12.0 Å². The van der Waals surface area contributed by atoms with Gasteiger partial charge in [0, 0.05) is 18.7 Å². The average Bonchev–Trinajstić information content (AvgIpc) is 2.89. The lowest BCUT2D eigenvalue weighted by molar-refractivity contribution is -0.384. The molecule has 0 saturated carbocycles. The lowest BCUT2D eigenvalue weighted by atomic mass is 9.92. The largest absolute Gasteiger partial charge is 0.456 e. The van der Waals surface area contributed by atoms with Gasteiger partial charge in [-0.05, 0) is 35.7 Å². The highest BCUT2D eigenvalue weighted by atomic mass is 35.5. The highest BCUT2D eigenvalue weighted by Crippen LogP contribution is 2.36. The molecule has 3 aromatic rings. The quantitative estimate of drug-likeness (QED) is 0.256. The minimum atomic E-state index is -3.90. The van der Waals surface area contributed by atoms with E-state index in [9.17, 15) is 28.1 Å². The van der Waals surface area contributed by atoms with Crippen LogP contribution in [-0.4, -0.2) is 42.7 Å². The molecule has 10 nitrogen and oxygen atoms in total. The summed E-state index contributed by atoms with van der Waals surface area (Å²) in [6.07, 6.45) is 0.195. The molecule has 0 aromatic heterocycles. The molecule has 1 N–H and O–H groups in total. The Bertz CT molecular complexity index is 1450. The van der Waals surface area contributed by atoms with Gasteiger partial charge in [-0.2, -0.15) is 4.31 Å². The van der Waals surface area contributed by atoms with Crippen LogP contribution in [0.25, 0.3) is 0 Å². The van der Waals surface area contributed by atoms with Crippen LogP contribution in [0.15, 0.2) is 77.7 Å². The van der Waals surface area contributed by atoms with Crippen molar-refractivity contribution in [2.75, 3.05) is 18.5 Å².